The first-order valence-corrected chi connectivity index (χ1v) is 9.78. The predicted octanol–water partition coefficient (Wildman–Crippen LogP) is 5.16. The number of nitrogens with zero attached hydrogens (tertiary/aromatic N) is 2. The molecular formula is C23H25F3N2O2. The quantitative estimate of drug-likeness (QED) is 0.749. The van der Waals surface area contributed by atoms with E-state index in [9.17, 15) is 23.1 Å². The number of hydrogen-bond acceptors (Lipinski definition) is 3. The first-order chi connectivity index (χ1) is 13.9. The molecule has 0 saturated heterocycles. The molecule has 0 spiro atoms. The van der Waals surface area contributed by atoms with Crippen molar-refractivity contribution in [2.75, 3.05) is 0 Å². The van der Waals surface area contributed by atoms with Gasteiger partial charge in [-0.3, -0.25) is 4.79 Å². The molecule has 2 aromatic carbocycles. The molecule has 1 aliphatic rings. The summed E-state index contributed by atoms with van der Waals surface area (Å²) in [4.78, 5) is 13.1. The third-order valence-corrected chi connectivity index (χ3v) is 5.33. The number of aryl methyl sites for hydroxylation is 1. The van der Waals surface area contributed by atoms with Crippen molar-refractivity contribution in [3.63, 3.8) is 0 Å². The minimum Gasteiger partial charge on any atom is -0.365 e. The second-order valence-electron chi connectivity index (χ2n) is 8.53. The highest BCUT2D eigenvalue weighted by atomic mass is 19.4. The molecule has 0 aliphatic carbocycles. The minimum absolute atomic E-state index is 0.140. The molecule has 1 amide bonds. The lowest BCUT2D eigenvalue weighted by atomic mass is 9.86. The van der Waals surface area contributed by atoms with E-state index in [1.807, 2.05) is 27.7 Å². The number of hydrazone groups is 1. The Morgan fingerprint density at radius 1 is 1.07 bits per heavy atom. The number of carbonyl (C=O) groups is 1. The van der Waals surface area contributed by atoms with Crippen LogP contribution < -0.4 is 0 Å². The van der Waals surface area contributed by atoms with Gasteiger partial charge in [-0.25, -0.2) is 0 Å². The molecular weight excluding hydrogens is 393 g/mol. The number of benzene rings is 2. The molecule has 7 heteroatoms. The van der Waals surface area contributed by atoms with E-state index in [0.717, 1.165) is 17.5 Å². The summed E-state index contributed by atoms with van der Waals surface area (Å²) < 4.78 is 40.1. The van der Waals surface area contributed by atoms with Crippen molar-refractivity contribution >= 4 is 11.6 Å². The van der Waals surface area contributed by atoms with E-state index in [-0.39, 0.29) is 16.5 Å². The van der Waals surface area contributed by atoms with E-state index in [1.165, 1.54) is 12.1 Å². The van der Waals surface area contributed by atoms with E-state index in [1.54, 1.807) is 36.4 Å². The third-order valence-electron chi connectivity index (χ3n) is 5.33. The Kier molecular flexibility index (Phi) is 5.54. The second kappa shape index (κ2) is 7.54. The van der Waals surface area contributed by atoms with Crippen LogP contribution in [0.25, 0.3) is 0 Å². The maximum Gasteiger partial charge on any atom is 0.431 e. The van der Waals surface area contributed by atoms with Gasteiger partial charge in [0.1, 0.15) is 5.71 Å². The molecule has 160 valence electrons. The molecule has 1 N–H and O–H groups in total. The Hall–Kier alpha value is -2.67. The van der Waals surface area contributed by atoms with Crippen LogP contribution in [0.2, 0.25) is 0 Å². The normalized spacial score (nSPS) is 19.7. The standard InChI is InChI=1S/C23H25F3N2O2/c1-5-15-6-10-18(11-7-15)22(30)14-19(23(24,25)26)27-28(22)20(29)16-8-12-17(13-9-16)21(2,3)4/h6-13,30H,5,14H2,1-4H3/t22-/m0/s1. The monoisotopic (exact) mass is 418 g/mol. The van der Waals surface area contributed by atoms with Crippen molar-refractivity contribution in [3.8, 4) is 0 Å². The van der Waals surface area contributed by atoms with Crippen molar-refractivity contribution in [2.24, 2.45) is 5.10 Å². The molecule has 0 fully saturated rings. The maximum atomic E-state index is 13.4. The van der Waals surface area contributed by atoms with Gasteiger partial charge in [0.15, 0.2) is 5.72 Å². The highest BCUT2D eigenvalue weighted by molar-refractivity contribution is 5.99. The lowest BCUT2D eigenvalue weighted by Gasteiger charge is -2.31. The van der Waals surface area contributed by atoms with Crippen LogP contribution in [-0.4, -0.2) is 27.9 Å². The number of amides is 1. The molecule has 1 aliphatic heterocycles. The van der Waals surface area contributed by atoms with Gasteiger partial charge in [0.25, 0.3) is 5.91 Å². The SMILES string of the molecule is CCc1ccc([C@@]2(O)CC(C(F)(F)F)=NN2C(=O)c2ccc(C(C)(C)C)cc2)cc1. The van der Waals surface area contributed by atoms with Gasteiger partial charge < -0.3 is 5.11 Å². The largest absolute Gasteiger partial charge is 0.431 e. The van der Waals surface area contributed by atoms with Gasteiger partial charge in [-0.05, 0) is 35.1 Å². The van der Waals surface area contributed by atoms with Gasteiger partial charge >= 0.3 is 6.18 Å². The topological polar surface area (TPSA) is 52.9 Å². The molecule has 3 rings (SSSR count). The molecule has 0 bridgehead atoms. The van der Waals surface area contributed by atoms with E-state index in [4.69, 9.17) is 0 Å². The maximum absolute atomic E-state index is 13.4. The summed E-state index contributed by atoms with van der Waals surface area (Å²) in [6.45, 7) is 8.00. The van der Waals surface area contributed by atoms with E-state index in [0.29, 0.717) is 5.01 Å². The summed E-state index contributed by atoms with van der Waals surface area (Å²) in [5.74, 6) is -0.795. The number of halogens is 3. The Morgan fingerprint density at radius 2 is 1.63 bits per heavy atom. The highest BCUT2D eigenvalue weighted by Gasteiger charge is 2.53. The van der Waals surface area contributed by atoms with E-state index < -0.39 is 29.9 Å². The van der Waals surface area contributed by atoms with Crippen LogP contribution in [0.3, 0.4) is 0 Å². The lowest BCUT2D eigenvalue weighted by Crippen LogP contribution is -2.43. The van der Waals surface area contributed by atoms with Crippen LogP contribution in [0.15, 0.2) is 53.6 Å². The van der Waals surface area contributed by atoms with Crippen LogP contribution in [0.4, 0.5) is 13.2 Å². The Balaban J connectivity index is 2.02. The molecule has 0 radical (unpaired) electrons. The van der Waals surface area contributed by atoms with Gasteiger partial charge in [0.05, 0.1) is 6.42 Å². The zero-order chi connectivity index (χ0) is 22.3. The average molecular weight is 418 g/mol. The molecule has 0 aromatic heterocycles. The fraction of sp³-hybridized carbons (Fsp3) is 0.391. The Labute approximate surface area is 174 Å². The highest BCUT2D eigenvalue weighted by Crippen LogP contribution is 2.40. The van der Waals surface area contributed by atoms with Crippen LogP contribution in [0.1, 0.15) is 61.2 Å². The molecule has 1 heterocycles. The minimum atomic E-state index is -4.75. The molecule has 2 aromatic rings. The molecule has 30 heavy (non-hydrogen) atoms. The average Bonchev–Trinajstić information content (AvgIpc) is 3.06. The van der Waals surface area contributed by atoms with Crippen LogP contribution >= 0.6 is 0 Å². The van der Waals surface area contributed by atoms with Crippen molar-refractivity contribution in [3.05, 3.63) is 70.8 Å². The third kappa shape index (κ3) is 4.12. The van der Waals surface area contributed by atoms with Gasteiger partial charge in [0.2, 0.25) is 0 Å². The Bertz CT molecular complexity index is 958. The van der Waals surface area contributed by atoms with E-state index >= 15 is 0 Å². The lowest BCUT2D eigenvalue weighted by molar-refractivity contribution is -0.0816. The number of rotatable bonds is 3. The zero-order valence-electron chi connectivity index (χ0n) is 17.4. The molecule has 1 atom stereocenters. The first-order valence-electron chi connectivity index (χ1n) is 9.78. The van der Waals surface area contributed by atoms with Gasteiger partial charge in [-0.2, -0.15) is 23.3 Å². The van der Waals surface area contributed by atoms with Crippen molar-refractivity contribution in [1.82, 2.24) is 5.01 Å². The summed E-state index contributed by atoms with van der Waals surface area (Å²) >= 11 is 0. The van der Waals surface area contributed by atoms with Crippen LogP contribution in [-0.2, 0) is 17.6 Å². The summed E-state index contributed by atoms with van der Waals surface area (Å²) in [6, 6.07) is 13.1. The molecule has 4 nitrogen and oxygen atoms in total. The van der Waals surface area contributed by atoms with Crippen molar-refractivity contribution in [1.29, 1.82) is 0 Å². The number of alkyl halides is 3. The zero-order valence-corrected chi connectivity index (χ0v) is 17.4. The fourth-order valence-corrected chi connectivity index (χ4v) is 3.38. The van der Waals surface area contributed by atoms with E-state index in [2.05, 4.69) is 5.10 Å². The van der Waals surface area contributed by atoms with Gasteiger partial charge in [0, 0.05) is 11.1 Å². The Morgan fingerprint density at radius 3 is 2.10 bits per heavy atom. The molecule has 0 unspecified atom stereocenters. The second-order valence-corrected chi connectivity index (χ2v) is 8.53. The van der Waals surface area contributed by atoms with Crippen molar-refractivity contribution in [2.45, 2.75) is 57.9 Å². The predicted molar refractivity (Wildman–Crippen MR) is 109 cm³/mol. The number of hydrogen-bond donors (Lipinski definition) is 1. The van der Waals surface area contributed by atoms with Crippen LogP contribution in [0.5, 0.6) is 0 Å². The van der Waals surface area contributed by atoms with Crippen molar-refractivity contribution < 1.29 is 23.1 Å². The number of carbonyl (C=O) groups excluding carboxylic acids is 1. The van der Waals surface area contributed by atoms with Gasteiger partial charge in [-0.1, -0.05) is 64.1 Å². The summed E-state index contributed by atoms with van der Waals surface area (Å²) in [5, 5.41) is 15.3. The fourth-order valence-electron chi connectivity index (χ4n) is 3.38. The van der Waals surface area contributed by atoms with Gasteiger partial charge in [-0.15, -0.1) is 0 Å². The summed E-state index contributed by atoms with van der Waals surface area (Å²) in [6.07, 6.45) is -4.83. The summed E-state index contributed by atoms with van der Waals surface area (Å²) in [5.41, 5.74) is -1.26. The number of aliphatic hydroxyl groups is 1. The molecule has 0 saturated carbocycles. The van der Waals surface area contributed by atoms with Crippen LogP contribution in [0, 0.1) is 0 Å². The summed E-state index contributed by atoms with van der Waals surface area (Å²) in [7, 11) is 0. The smallest absolute Gasteiger partial charge is 0.365 e. The first kappa shape index (κ1) is 22.0.